The second-order valence-corrected chi connectivity index (χ2v) is 12.3. The van der Waals surface area contributed by atoms with Crippen LogP contribution in [0.4, 0.5) is 4.79 Å². The van der Waals surface area contributed by atoms with Crippen molar-refractivity contribution in [1.82, 2.24) is 16.1 Å². The minimum Gasteiger partial charge on any atom is -0.490 e. The van der Waals surface area contributed by atoms with E-state index in [0.29, 0.717) is 41.0 Å². The largest absolute Gasteiger partial charge is 0.490 e. The van der Waals surface area contributed by atoms with Gasteiger partial charge in [0.15, 0.2) is 17.7 Å². The van der Waals surface area contributed by atoms with Gasteiger partial charge in [-0.3, -0.25) is 5.43 Å². The van der Waals surface area contributed by atoms with Crippen LogP contribution in [0.25, 0.3) is 0 Å². The van der Waals surface area contributed by atoms with E-state index in [1.54, 1.807) is 31.3 Å². The Hall–Kier alpha value is -3.28. The number of methoxy groups -OCH3 is 1. The zero-order valence-corrected chi connectivity index (χ0v) is 29.6. The molecular weight excluding hydrogens is 830 g/mol. The Morgan fingerprint density at radius 3 is 2.53 bits per heavy atom. The maximum absolute atomic E-state index is 12.4. The highest BCUT2D eigenvalue weighted by Crippen LogP contribution is 2.35. The summed E-state index contributed by atoms with van der Waals surface area (Å²) in [5.74, 6) is 0.921. The van der Waals surface area contributed by atoms with Crippen molar-refractivity contribution in [2.24, 2.45) is 5.10 Å². The highest BCUT2D eigenvalue weighted by atomic mass is 127. The first-order valence-corrected chi connectivity index (χ1v) is 16.2. The fourth-order valence-electron chi connectivity index (χ4n) is 4.38. The Morgan fingerprint density at radius 1 is 1.11 bits per heavy atom. The first kappa shape index (κ1) is 34.6. The third-order valence-corrected chi connectivity index (χ3v) is 8.43. The van der Waals surface area contributed by atoms with E-state index < -0.39 is 24.3 Å². The lowest BCUT2D eigenvalue weighted by molar-refractivity contribution is -0.136. The van der Waals surface area contributed by atoms with Gasteiger partial charge in [0.2, 0.25) is 0 Å². The summed E-state index contributed by atoms with van der Waals surface area (Å²) >= 11 is 10.7. The average molecular weight is 861 g/mol. The Balaban J connectivity index is 1.37. The highest BCUT2D eigenvalue weighted by Gasteiger charge is 2.32. The number of nitrogens with one attached hydrogen (secondary N) is 3. The number of aliphatic hydroxyl groups is 1. The third kappa shape index (κ3) is 9.14. The number of aliphatic hydroxyl groups excluding tert-OH is 1. The number of carbonyl (C=O) groups is 2. The Labute approximate surface area is 293 Å². The molecule has 0 fully saturated rings. The lowest BCUT2D eigenvalue weighted by Gasteiger charge is -2.28. The van der Waals surface area contributed by atoms with Crippen LogP contribution < -0.4 is 30.3 Å². The smallest absolute Gasteiger partial charge is 0.337 e. The van der Waals surface area contributed by atoms with Crippen LogP contribution in [0, 0.1) is 7.14 Å². The quantitative estimate of drug-likeness (QED) is 0.0570. The molecule has 0 saturated carbocycles. The van der Waals surface area contributed by atoms with Gasteiger partial charge in [-0.15, -0.1) is 0 Å². The molecule has 238 valence electrons. The molecule has 1 aliphatic heterocycles. The zero-order chi connectivity index (χ0) is 32.5. The van der Waals surface area contributed by atoms with Gasteiger partial charge in [0, 0.05) is 16.3 Å². The molecule has 0 aromatic heterocycles. The van der Waals surface area contributed by atoms with Crippen LogP contribution in [0.1, 0.15) is 36.6 Å². The second kappa shape index (κ2) is 16.3. The predicted molar refractivity (Wildman–Crippen MR) is 187 cm³/mol. The maximum atomic E-state index is 12.4. The molecule has 3 aromatic rings. The van der Waals surface area contributed by atoms with Crippen molar-refractivity contribution in [3.8, 4) is 17.2 Å². The van der Waals surface area contributed by atoms with E-state index in [1.165, 1.54) is 7.11 Å². The van der Waals surface area contributed by atoms with Gasteiger partial charge < -0.3 is 34.7 Å². The van der Waals surface area contributed by atoms with Gasteiger partial charge in [0.1, 0.15) is 19.0 Å². The molecule has 1 aliphatic rings. The molecule has 4 rings (SSSR count). The number of amides is 2. The number of ether oxygens (including phenoxy) is 4. The summed E-state index contributed by atoms with van der Waals surface area (Å²) in [5.41, 5.74) is 5.62. The Kier molecular flexibility index (Phi) is 12.6. The van der Waals surface area contributed by atoms with E-state index >= 15 is 0 Å². The standard InChI is InChI=1S/C31H31ClI2N4O7/c1-4-43-25-13-19(28-27(30(40)42-3)17(2)36-31(41)37-28)9-10-24(25)44-16-26(39)38-35-14-18-11-22(33)29(23(34)12-18)45-15-20-7-5-6-8-21(20)32/h5-14,26,28,38-39H,4,15-16H2,1-3H3,(H2,36,37,41)/b35-14-/t26-,28+/m0/s1. The molecule has 0 saturated heterocycles. The summed E-state index contributed by atoms with van der Waals surface area (Å²) in [7, 11) is 1.28. The normalized spacial score (nSPS) is 15.3. The van der Waals surface area contributed by atoms with Crippen molar-refractivity contribution < 1.29 is 33.6 Å². The van der Waals surface area contributed by atoms with E-state index in [0.717, 1.165) is 24.0 Å². The lowest BCUT2D eigenvalue weighted by atomic mass is 9.95. The number of hydrogen-bond donors (Lipinski definition) is 4. The second-order valence-electron chi connectivity index (χ2n) is 9.61. The molecule has 11 nitrogen and oxygen atoms in total. The number of esters is 1. The number of allylic oxidation sites excluding steroid dienone is 1. The summed E-state index contributed by atoms with van der Waals surface area (Å²) < 4.78 is 24.3. The number of hydrazone groups is 1. The van der Waals surface area contributed by atoms with E-state index in [4.69, 9.17) is 30.5 Å². The molecule has 2 atom stereocenters. The summed E-state index contributed by atoms with van der Waals surface area (Å²) in [6.45, 7) is 3.99. The minimum absolute atomic E-state index is 0.142. The van der Waals surface area contributed by atoms with Crippen LogP contribution in [0.2, 0.25) is 5.02 Å². The summed E-state index contributed by atoms with van der Waals surface area (Å²) in [4.78, 5) is 24.6. The van der Waals surface area contributed by atoms with E-state index in [9.17, 15) is 14.7 Å². The van der Waals surface area contributed by atoms with E-state index in [2.05, 4.69) is 66.3 Å². The van der Waals surface area contributed by atoms with Crippen molar-refractivity contribution >= 4 is 75.0 Å². The molecule has 0 bridgehead atoms. The lowest BCUT2D eigenvalue weighted by Crippen LogP contribution is -2.45. The number of halogens is 3. The van der Waals surface area contributed by atoms with Gasteiger partial charge in [0.25, 0.3) is 0 Å². The molecule has 3 aromatic carbocycles. The van der Waals surface area contributed by atoms with Crippen LogP contribution in [0.3, 0.4) is 0 Å². The first-order valence-electron chi connectivity index (χ1n) is 13.7. The number of hydrogen-bond acceptors (Lipinski definition) is 9. The van der Waals surface area contributed by atoms with Crippen LogP contribution in [0.5, 0.6) is 17.2 Å². The highest BCUT2D eigenvalue weighted by molar-refractivity contribution is 14.1. The van der Waals surface area contributed by atoms with Gasteiger partial charge in [-0.05, 0) is 100 Å². The average Bonchev–Trinajstić information content (AvgIpc) is 3.00. The van der Waals surface area contributed by atoms with Gasteiger partial charge in [-0.1, -0.05) is 35.9 Å². The number of benzene rings is 3. The molecule has 2 amide bonds. The number of carbonyl (C=O) groups excluding carboxylic acids is 2. The number of nitrogens with zero attached hydrogens (tertiary/aromatic N) is 1. The van der Waals surface area contributed by atoms with Crippen molar-refractivity contribution in [1.29, 1.82) is 0 Å². The van der Waals surface area contributed by atoms with E-state index in [-0.39, 0.29) is 12.2 Å². The van der Waals surface area contributed by atoms with E-state index in [1.807, 2.05) is 43.3 Å². The maximum Gasteiger partial charge on any atom is 0.337 e. The number of urea groups is 1. The molecular formula is C31H31ClI2N4O7. The van der Waals surface area contributed by atoms with Gasteiger partial charge in [-0.25, -0.2) is 9.59 Å². The summed E-state index contributed by atoms with van der Waals surface area (Å²) in [5, 5.41) is 20.6. The van der Waals surface area contributed by atoms with Gasteiger partial charge in [0.05, 0.1) is 38.7 Å². The SMILES string of the molecule is CCOc1cc([C@H]2NC(=O)NC(C)=C2C(=O)OC)ccc1OC[C@H](O)N/N=C\c1cc(I)c(OCc2ccccc2Cl)c(I)c1. The molecule has 45 heavy (non-hydrogen) atoms. The van der Waals surface area contributed by atoms with Crippen molar-refractivity contribution in [3.05, 3.63) is 94.7 Å². The van der Waals surface area contributed by atoms with Crippen LogP contribution in [0.15, 0.2) is 71.0 Å². The Morgan fingerprint density at radius 2 is 1.84 bits per heavy atom. The topological polar surface area (TPSA) is 140 Å². The minimum atomic E-state index is -1.13. The Bertz CT molecular complexity index is 1600. The number of rotatable bonds is 13. The monoisotopic (exact) mass is 860 g/mol. The van der Waals surface area contributed by atoms with Crippen LogP contribution in [-0.4, -0.2) is 49.9 Å². The third-order valence-electron chi connectivity index (χ3n) is 6.46. The van der Waals surface area contributed by atoms with Crippen molar-refractivity contribution in [3.63, 3.8) is 0 Å². The van der Waals surface area contributed by atoms with Crippen LogP contribution in [-0.2, 0) is 16.1 Å². The van der Waals surface area contributed by atoms with Crippen molar-refractivity contribution in [2.45, 2.75) is 32.7 Å². The first-order chi connectivity index (χ1) is 21.6. The molecule has 1 heterocycles. The van der Waals surface area contributed by atoms with Crippen LogP contribution >= 0.6 is 56.8 Å². The van der Waals surface area contributed by atoms with Crippen molar-refractivity contribution in [2.75, 3.05) is 20.3 Å². The molecule has 4 N–H and O–H groups in total. The molecule has 14 heteroatoms. The molecule has 0 radical (unpaired) electrons. The van der Waals surface area contributed by atoms with Gasteiger partial charge in [-0.2, -0.15) is 5.10 Å². The molecule has 0 aliphatic carbocycles. The fraction of sp³-hybridized carbons (Fsp3) is 0.258. The molecule has 0 unspecified atom stereocenters. The van der Waals surface area contributed by atoms with Gasteiger partial charge >= 0.3 is 12.0 Å². The predicted octanol–water partition coefficient (Wildman–Crippen LogP) is 5.65. The zero-order valence-electron chi connectivity index (χ0n) is 24.5. The molecule has 0 spiro atoms. The summed E-state index contributed by atoms with van der Waals surface area (Å²) in [6.07, 6.45) is 0.458. The fourth-order valence-corrected chi connectivity index (χ4v) is 6.70. The summed E-state index contributed by atoms with van der Waals surface area (Å²) in [6, 6.07) is 15.2.